The van der Waals surface area contributed by atoms with Crippen molar-refractivity contribution in [3.63, 3.8) is 0 Å². The third kappa shape index (κ3) is 2.65. The number of methoxy groups -OCH3 is 2. The molecule has 94 valence electrons. The van der Waals surface area contributed by atoms with Crippen molar-refractivity contribution in [2.45, 2.75) is 0 Å². The number of thiocarbonyl (C=S) groups is 1. The van der Waals surface area contributed by atoms with E-state index in [-0.39, 0.29) is 5.91 Å². The van der Waals surface area contributed by atoms with Crippen LogP contribution in [0.3, 0.4) is 0 Å². The van der Waals surface area contributed by atoms with E-state index in [1.807, 2.05) is 0 Å². The van der Waals surface area contributed by atoms with E-state index in [2.05, 4.69) is 5.32 Å². The first-order chi connectivity index (χ1) is 8.63. The van der Waals surface area contributed by atoms with Crippen LogP contribution in [0.4, 0.5) is 0 Å². The zero-order valence-electron chi connectivity index (χ0n) is 9.85. The molecule has 1 heterocycles. The second-order valence-corrected chi connectivity index (χ2v) is 5.18. The van der Waals surface area contributed by atoms with E-state index in [9.17, 15) is 4.79 Å². The van der Waals surface area contributed by atoms with Gasteiger partial charge in [-0.2, -0.15) is 0 Å². The lowest BCUT2D eigenvalue weighted by Gasteiger charge is -2.07. The predicted molar refractivity (Wildman–Crippen MR) is 75.9 cm³/mol. The molecule has 1 aromatic rings. The molecule has 1 amide bonds. The smallest absolute Gasteiger partial charge is 0.263 e. The van der Waals surface area contributed by atoms with Crippen LogP contribution in [-0.2, 0) is 4.79 Å². The van der Waals surface area contributed by atoms with Crippen LogP contribution in [0.1, 0.15) is 5.56 Å². The van der Waals surface area contributed by atoms with Crippen LogP contribution in [0.5, 0.6) is 11.5 Å². The van der Waals surface area contributed by atoms with Crippen molar-refractivity contribution in [2.75, 3.05) is 14.2 Å². The Morgan fingerprint density at radius 3 is 2.67 bits per heavy atom. The van der Waals surface area contributed by atoms with Gasteiger partial charge in [0.1, 0.15) is 15.8 Å². The van der Waals surface area contributed by atoms with Crippen LogP contribution >= 0.6 is 24.0 Å². The highest BCUT2D eigenvalue weighted by atomic mass is 32.2. The minimum atomic E-state index is -0.185. The number of hydrogen-bond acceptors (Lipinski definition) is 5. The molecule has 0 unspecified atom stereocenters. The minimum absolute atomic E-state index is 0.185. The summed E-state index contributed by atoms with van der Waals surface area (Å²) in [4.78, 5) is 12.1. The summed E-state index contributed by atoms with van der Waals surface area (Å²) in [5.74, 6) is 1.19. The number of amides is 1. The molecule has 0 atom stereocenters. The van der Waals surface area contributed by atoms with Gasteiger partial charge in [-0.25, -0.2) is 0 Å². The molecule has 6 heteroatoms. The average molecular weight is 281 g/mol. The predicted octanol–water partition coefficient (Wildman–Crippen LogP) is 2.19. The van der Waals surface area contributed by atoms with Gasteiger partial charge in [-0.05, 0) is 24.3 Å². The molecule has 1 N–H and O–H groups in total. The molecule has 0 radical (unpaired) electrons. The Bertz CT molecular complexity index is 540. The van der Waals surface area contributed by atoms with Crippen molar-refractivity contribution < 1.29 is 14.3 Å². The first-order valence-electron chi connectivity index (χ1n) is 5.11. The monoisotopic (exact) mass is 281 g/mol. The molecule has 0 aliphatic carbocycles. The summed E-state index contributed by atoms with van der Waals surface area (Å²) in [6.45, 7) is 0. The second kappa shape index (κ2) is 5.41. The number of hydrogen-bond donors (Lipinski definition) is 1. The van der Waals surface area contributed by atoms with Crippen LogP contribution in [0.25, 0.3) is 6.08 Å². The Kier molecular flexibility index (Phi) is 3.88. The molecule has 1 saturated heterocycles. The molecule has 1 fully saturated rings. The first-order valence-corrected chi connectivity index (χ1v) is 6.33. The number of carbonyl (C=O) groups is 1. The highest BCUT2D eigenvalue weighted by molar-refractivity contribution is 8.26. The van der Waals surface area contributed by atoms with E-state index < -0.39 is 0 Å². The molecule has 2 rings (SSSR count). The summed E-state index contributed by atoms with van der Waals surface area (Å²) in [5, 5.41) is 2.57. The van der Waals surface area contributed by atoms with Gasteiger partial charge < -0.3 is 14.8 Å². The largest absolute Gasteiger partial charge is 0.497 e. The normalized spacial score (nSPS) is 16.9. The van der Waals surface area contributed by atoms with E-state index in [4.69, 9.17) is 21.7 Å². The Morgan fingerprint density at radius 2 is 2.11 bits per heavy atom. The highest BCUT2D eigenvalue weighted by Crippen LogP contribution is 2.31. The van der Waals surface area contributed by atoms with Crippen LogP contribution < -0.4 is 14.8 Å². The molecule has 1 aliphatic rings. The van der Waals surface area contributed by atoms with Gasteiger partial charge in [-0.1, -0.05) is 24.0 Å². The first kappa shape index (κ1) is 12.9. The van der Waals surface area contributed by atoms with Gasteiger partial charge in [0.2, 0.25) is 0 Å². The Morgan fingerprint density at radius 1 is 1.33 bits per heavy atom. The quantitative estimate of drug-likeness (QED) is 0.680. The number of carbonyl (C=O) groups excluding carboxylic acids is 1. The fourth-order valence-corrected chi connectivity index (χ4v) is 2.55. The van der Waals surface area contributed by atoms with Gasteiger partial charge in [0.05, 0.1) is 19.1 Å². The minimum Gasteiger partial charge on any atom is -0.497 e. The maximum absolute atomic E-state index is 11.6. The molecule has 1 aliphatic heterocycles. The maximum Gasteiger partial charge on any atom is 0.263 e. The summed E-state index contributed by atoms with van der Waals surface area (Å²) in [6.07, 6.45) is 1.74. The van der Waals surface area contributed by atoms with Crippen molar-refractivity contribution in [1.82, 2.24) is 5.32 Å². The van der Waals surface area contributed by atoms with Gasteiger partial charge in [-0.15, -0.1) is 0 Å². The molecule has 4 nitrogen and oxygen atoms in total. The summed E-state index contributed by atoms with van der Waals surface area (Å²) in [5.41, 5.74) is 0.777. The number of nitrogens with one attached hydrogen (secondary N) is 1. The van der Waals surface area contributed by atoms with Gasteiger partial charge in [0, 0.05) is 5.56 Å². The van der Waals surface area contributed by atoms with E-state index in [0.717, 1.165) is 5.56 Å². The molecule has 1 aromatic carbocycles. The Hall–Kier alpha value is -1.53. The van der Waals surface area contributed by atoms with Crippen molar-refractivity contribution >= 4 is 40.3 Å². The van der Waals surface area contributed by atoms with Crippen molar-refractivity contribution in [3.8, 4) is 11.5 Å². The molecule has 0 bridgehead atoms. The summed E-state index contributed by atoms with van der Waals surface area (Å²) >= 11 is 6.17. The van der Waals surface area contributed by atoms with Crippen LogP contribution in [0, 0.1) is 0 Å². The zero-order valence-corrected chi connectivity index (χ0v) is 11.5. The summed E-state index contributed by atoms with van der Waals surface area (Å²) in [7, 11) is 3.17. The standard InChI is InChI=1S/C12H11NO3S2/c1-15-8-3-4-9(16-2)7(5-8)6-10-11(14)13-12(17)18-10/h3-6H,1-2H3,(H,13,14,17)/b10-6-. The fourth-order valence-electron chi connectivity index (χ4n) is 1.51. The van der Waals surface area contributed by atoms with E-state index in [1.165, 1.54) is 11.8 Å². The van der Waals surface area contributed by atoms with E-state index in [1.54, 1.807) is 38.5 Å². The summed E-state index contributed by atoms with van der Waals surface area (Å²) < 4.78 is 10.9. The van der Waals surface area contributed by atoms with Crippen molar-refractivity contribution in [2.24, 2.45) is 0 Å². The van der Waals surface area contributed by atoms with Gasteiger partial charge >= 0.3 is 0 Å². The third-order valence-corrected chi connectivity index (χ3v) is 3.53. The molecule has 0 spiro atoms. The maximum atomic E-state index is 11.6. The molecule has 0 aromatic heterocycles. The summed E-state index contributed by atoms with van der Waals surface area (Å²) in [6, 6.07) is 5.40. The molecular weight excluding hydrogens is 270 g/mol. The number of ether oxygens (including phenoxy) is 2. The highest BCUT2D eigenvalue weighted by Gasteiger charge is 2.22. The van der Waals surface area contributed by atoms with E-state index >= 15 is 0 Å². The van der Waals surface area contributed by atoms with Crippen LogP contribution in [0.2, 0.25) is 0 Å². The molecule has 0 saturated carbocycles. The van der Waals surface area contributed by atoms with Gasteiger partial charge in [0.25, 0.3) is 5.91 Å². The van der Waals surface area contributed by atoms with Crippen molar-refractivity contribution in [3.05, 3.63) is 28.7 Å². The number of thioether (sulfide) groups is 1. The third-order valence-electron chi connectivity index (χ3n) is 2.37. The molecular formula is C12H11NO3S2. The lowest BCUT2D eigenvalue weighted by atomic mass is 10.1. The zero-order chi connectivity index (χ0) is 13.1. The number of benzene rings is 1. The topological polar surface area (TPSA) is 47.6 Å². The van der Waals surface area contributed by atoms with Gasteiger partial charge in [0.15, 0.2) is 0 Å². The lowest BCUT2D eigenvalue weighted by molar-refractivity contribution is -0.115. The average Bonchev–Trinajstić information content (AvgIpc) is 2.67. The van der Waals surface area contributed by atoms with Gasteiger partial charge in [-0.3, -0.25) is 4.79 Å². The Balaban J connectivity index is 2.40. The lowest BCUT2D eigenvalue weighted by Crippen LogP contribution is -2.17. The fraction of sp³-hybridized carbons (Fsp3) is 0.167. The number of rotatable bonds is 3. The SMILES string of the molecule is COc1ccc(OC)c(/C=C2\SC(=S)NC2=O)c1. The Labute approximate surface area is 114 Å². The van der Waals surface area contributed by atoms with Crippen molar-refractivity contribution in [1.29, 1.82) is 0 Å². The van der Waals surface area contributed by atoms with Crippen LogP contribution in [-0.4, -0.2) is 24.4 Å². The van der Waals surface area contributed by atoms with Crippen LogP contribution in [0.15, 0.2) is 23.1 Å². The second-order valence-electron chi connectivity index (χ2n) is 3.46. The molecule has 18 heavy (non-hydrogen) atoms. The van der Waals surface area contributed by atoms with E-state index in [0.29, 0.717) is 20.7 Å².